The fourth-order valence-electron chi connectivity index (χ4n) is 2.01. The van der Waals surface area contributed by atoms with Crippen LogP contribution in [0.2, 0.25) is 0 Å². The number of carbonyl (C=O) groups is 1. The summed E-state index contributed by atoms with van der Waals surface area (Å²) in [6.45, 7) is 9.10. The Kier molecular flexibility index (Phi) is 5.92. The van der Waals surface area contributed by atoms with E-state index in [0.717, 1.165) is 19.4 Å². The van der Waals surface area contributed by atoms with Gasteiger partial charge in [-0.3, -0.25) is 4.79 Å². The summed E-state index contributed by atoms with van der Waals surface area (Å²) in [6, 6.07) is 0.119. The molecule has 0 saturated carbocycles. The average molecular weight is 243 g/mol. The summed E-state index contributed by atoms with van der Waals surface area (Å²) in [5.74, 6) is -0.248. The van der Waals surface area contributed by atoms with Gasteiger partial charge in [-0.1, -0.05) is 6.92 Å². The Morgan fingerprint density at radius 3 is 2.71 bits per heavy atom. The highest BCUT2D eigenvalue weighted by Gasteiger charge is 2.25. The fraction of sp³-hybridized carbons (Fsp3) is 0.923. The van der Waals surface area contributed by atoms with Crippen molar-refractivity contribution in [3.63, 3.8) is 0 Å². The van der Waals surface area contributed by atoms with Crippen LogP contribution in [-0.4, -0.2) is 37.4 Å². The molecular formula is C13H25NO3. The number of hydrogen-bond donors (Lipinski definition) is 1. The summed E-state index contributed by atoms with van der Waals surface area (Å²) < 4.78 is 10.7. The highest BCUT2D eigenvalue weighted by Crippen LogP contribution is 2.18. The average Bonchev–Trinajstić information content (AvgIpc) is 2.71. The molecule has 0 aromatic heterocycles. The second-order valence-corrected chi connectivity index (χ2v) is 4.88. The van der Waals surface area contributed by atoms with Crippen molar-refractivity contribution in [1.29, 1.82) is 0 Å². The maximum atomic E-state index is 11.5. The number of esters is 1. The van der Waals surface area contributed by atoms with Gasteiger partial charge in [0.1, 0.15) is 0 Å². The van der Waals surface area contributed by atoms with Crippen molar-refractivity contribution >= 4 is 5.97 Å². The van der Waals surface area contributed by atoms with Gasteiger partial charge in [0.15, 0.2) is 0 Å². The Labute approximate surface area is 104 Å². The lowest BCUT2D eigenvalue weighted by Crippen LogP contribution is -2.40. The van der Waals surface area contributed by atoms with Gasteiger partial charge in [0.25, 0.3) is 0 Å². The Morgan fingerprint density at radius 1 is 1.47 bits per heavy atom. The van der Waals surface area contributed by atoms with Crippen LogP contribution in [0.1, 0.15) is 40.5 Å². The molecule has 4 heteroatoms. The molecular weight excluding hydrogens is 218 g/mol. The molecule has 1 rings (SSSR count). The van der Waals surface area contributed by atoms with Gasteiger partial charge in [-0.15, -0.1) is 0 Å². The summed E-state index contributed by atoms with van der Waals surface area (Å²) in [5, 5.41) is 3.36. The molecule has 17 heavy (non-hydrogen) atoms. The number of rotatable bonds is 6. The van der Waals surface area contributed by atoms with E-state index in [2.05, 4.69) is 12.2 Å². The summed E-state index contributed by atoms with van der Waals surface area (Å²) in [7, 11) is 0. The molecule has 100 valence electrons. The van der Waals surface area contributed by atoms with E-state index < -0.39 is 0 Å². The van der Waals surface area contributed by atoms with Crippen LogP contribution in [0, 0.1) is 5.92 Å². The van der Waals surface area contributed by atoms with Crippen LogP contribution in [0.3, 0.4) is 0 Å². The molecule has 0 aliphatic carbocycles. The fourth-order valence-corrected chi connectivity index (χ4v) is 2.01. The molecule has 1 heterocycles. The van der Waals surface area contributed by atoms with Crippen LogP contribution in [0.5, 0.6) is 0 Å². The van der Waals surface area contributed by atoms with E-state index in [1.54, 1.807) is 0 Å². The van der Waals surface area contributed by atoms with Crippen molar-refractivity contribution in [2.45, 2.75) is 58.8 Å². The lowest BCUT2D eigenvalue weighted by atomic mass is 10.0. The molecule has 1 N–H and O–H groups in total. The molecule has 0 radical (unpaired) electrons. The third-order valence-corrected chi connectivity index (χ3v) is 3.40. The van der Waals surface area contributed by atoms with Crippen molar-refractivity contribution < 1.29 is 14.3 Å². The first-order chi connectivity index (χ1) is 8.04. The molecule has 1 saturated heterocycles. The van der Waals surface area contributed by atoms with Crippen LogP contribution in [0.25, 0.3) is 0 Å². The topological polar surface area (TPSA) is 47.6 Å². The van der Waals surface area contributed by atoms with E-state index in [1.807, 2.05) is 20.8 Å². The molecule has 0 aromatic carbocycles. The zero-order valence-electron chi connectivity index (χ0n) is 11.4. The first-order valence-electron chi connectivity index (χ1n) is 6.60. The maximum absolute atomic E-state index is 11.5. The molecule has 0 bridgehead atoms. The third-order valence-electron chi connectivity index (χ3n) is 3.40. The van der Waals surface area contributed by atoms with Gasteiger partial charge in [0.2, 0.25) is 0 Å². The van der Waals surface area contributed by atoms with Crippen molar-refractivity contribution in [3.05, 3.63) is 0 Å². The highest BCUT2D eigenvalue weighted by atomic mass is 16.5. The van der Waals surface area contributed by atoms with Crippen molar-refractivity contribution in [2.75, 3.05) is 13.2 Å². The zero-order chi connectivity index (χ0) is 12.8. The number of carbonyl (C=O) groups excluding carboxylic acids is 1. The number of ether oxygens (including phenoxy) is 2. The molecule has 0 amide bonds. The predicted octanol–water partition coefficient (Wildman–Crippen LogP) is 1.73. The van der Waals surface area contributed by atoms with E-state index in [-0.39, 0.29) is 17.9 Å². The lowest BCUT2D eigenvalue weighted by molar-refractivity contribution is -0.148. The second-order valence-electron chi connectivity index (χ2n) is 4.88. The molecule has 4 atom stereocenters. The van der Waals surface area contributed by atoms with Crippen LogP contribution in [-0.2, 0) is 14.3 Å². The summed E-state index contributed by atoms with van der Waals surface area (Å²) >= 11 is 0. The predicted molar refractivity (Wildman–Crippen MR) is 66.8 cm³/mol. The molecule has 0 spiro atoms. The monoisotopic (exact) mass is 243 g/mol. The van der Waals surface area contributed by atoms with Gasteiger partial charge >= 0.3 is 5.97 Å². The van der Waals surface area contributed by atoms with Crippen molar-refractivity contribution in [2.24, 2.45) is 5.92 Å². The van der Waals surface area contributed by atoms with Gasteiger partial charge < -0.3 is 14.8 Å². The van der Waals surface area contributed by atoms with Gasteiger partial charge in [-0.2, -0.15) is 0 Å². The molecule has 0 unspecified atom stereocenters. The first kappa shape index (κ1) is 14.5. The normalized spacial score (nSPS) is 27.8. The molecule has 0 aromatic rings. The van der Waals surface area contributed by atoms with E-state index in [0.29, 0.717) is 18.8 Å². The smallest absolute Gasteiger partial charge is 0.310 e. The first-order valence-corrected chi connectivity index (χ1v) is 6.60. The zero-order valence-corrected chi connectivity index (χ0v) is 11.4. The minimum absolute atomic E-state index is 0.117. The van der Waals surface area contributed by atoms with Crippen molar-refractivity contribution in [1.82, 2.24) is 5.32 Å². The summed E-state index contributed by atoms with van der Waals surface area (Å²) in [4.78, 5) is 11.5. The van der Waals surface area contributed by atoms with Crippen LogP contribution in [0.15, 0.2) is 0 Å². The lowest BCUT2D eigenvalue weighted by Gasteiger charge is -2.21. The van der Waals surface area contributed by atoms with Gasteiger partial charge in [0, 0.05) is 12.6 Å². The van der Waals surface area contributed by atoms with Crippen molar-refractivity contribution in [3.8, 4) is 0 Å². The van der Waals surface area contributed by atoms with Crippen LogP contribution < -0.4 is 5.32 Å². The Balaban J connectivity index is 2.24. The van der Waals surface area contributed by atoms with E-state index in [9.17, 15) is 4.79 Å². The van der Waals surface area contributed by atoms with E-state index in [4.69, 9.17) is 9.47 Å². The van der Waals surface area contributed by atoms with E-state index in [1.165, 1.54) is 0 Å². The maximum Gasteiger partial charge on any atom is 0.310 e. The SMILES string of the molecule is CCOC(=O)[C@H](C)[C@H](C)NC[C@@H]1CC[C@H](C)O1. The molecule has 4 nitrogen and oxygen atoms in total. The van der Waals surface area contributed by atoms with Crippen LogP contribution >= 0.6 is 0 Å². The minimum Gasteiger partial charge on any atom is -0.466 e. The third kappa shape index (κ3) is 4.64. The van der Waals surface area contributed by atoms with Gasteiger partial charge in [-0.05, 0) is 33.6 Å². The number of hydrogen-bond acceptors (Lipinski definition) is 4. The largest absolute Gasteiger partial charge is 0.466 e. The van der Waals surface area contributed by atoms with Gasteiger partial charge in [0.05, 0.1) is 24.7 Å². The Morgan fingerprint density at radius 2 is 2.18 bits per heavy atom. The van der Waals surface area contributed by atoms with Crippen LogP contribution in [0.4, 0.5) is 0 Å². The minimum atomic E-state index is -0.131. The number of nitrogens with one attached hydrogen (secondary N) is 1. The standard InChI is InChI=1S/C13H25NO3/c1-5-16-13(15)10(3)11(4)14-8-12-7-6-9(2)17-12/h9-12,14H,5-8H2,1-4H3/t9-,10+,11-,12-/m0/s1. The Hall–Kier alpha value is -0.610. The summed E-state index contributed by atoms with van der Waals surface area (Å²) in [6.07, 6.45) is 2.91. The second kappa shape index (κ2) is 6.97. The molecule has 1 aliphatic heterocycles. The quantitative estimate of drug-likeness (QED) is 0.722. The Bertz CT molecular complexity index is 245. The van der Waals surface area contributed by atoms with Gasteiger partial charge in [-0.25, -0.2) is 0 Å². The molecule has 1 aliphatic rings. The van der Waals surface area contributed by atoms with E-state index >= 15 is 0 Å². The highest BCUT2D eigenvalue weighted by molar-refractivity contribution is 5.72. The molecule has 1 fully saturated rings. The summed E-state index contributed by atoms with van der Waals surface area (Å²) in [5.41, 5.74) is 0.